The highest BCUT2D eigenvalue weighted by Gasteiger charge is 2.36. The van der Waals surface area contributed by atoms with Crippen LogP contribution < -0.4 is 10.1 Å². The summed E-state index contributed by atoms with van der Waals surface area (Å²) in [6.45, 7) is 0.538. The second kappa shape index (κ2) is 5.39. The lowest BCUT2D eigenvalue weighted by atomic mass is 10.3. The largest absolute Gasteiger partial charge is 0.467 e. The molecule has 2 aromatic heterocycles. The van der Waals surface area contributed by atoms with Gasteiger partial charge in [-0.2, -0.15) is 4.98 Å². The average molecular weight is 321 g/mol. The van der Waals surface area contributed by atoms with Crippen molar-refractivity contribution in [2.45, 2.75) is 44.2 Å². The topological polar surface area (TPSA) is 77.8 Å². The predicted molar refractivity (Wildman–Crippen MR) is 81.2 cm³/mol. The standard InChI is InChI=1S/C14H17ClN6O/c1-22-14-17-6-10(15)12(18-14)16-7-11-19-20-13(8-2-3-8)21(11)9-4-5-9/h6,8-9H,2-5,7H2,1H3,(H,16,17,18). The number of nitrogens with one attached hydrogen (secondary N) is 1. The molecule has 2 aliphatic rings. The lowest BCUT2D eigenvalue weighted by Crippen LogP contribution is -2.11. The predicted octanol–water partition coefficient (Wildman–Crippen LogP) is 2.55. The van der Waals surface area contributed by atoms with Gasteiger partial charge in [0.15, 0.2) is 11.6 Å². The number of halogens is 1. The maximum absolute atomic E-state index is 6.11. The number of hydrogen-bond donors (Lipinski definition) is 1. The molecule has 0 radical (unpaired) electrons. The molecule has 7 nitrogen and oxygen atoms in total. The molecule has 22 heavy (non-hydrogen) atoms. The first-order valence-corrected chi connectivity index (χ1v) is 7.88. The van der Waals surface area contributed by atoms with Crippen LogP contribution in [-0.2, 0) is 6.54 Å². The molecule has 2 aromatic rings. The summed E-state index contributed by atoms with van der Waals surface area (Å²) in [6, 6.07) is 0.854. The van der Waals surface area contributed by atoms with Gasteiger partial charge < -0.3 is 14.6 Å². The number of hydrogen-bond acceptors (Lipinski definition) is 6. The van der Waals surface area contributed by atoms with Crippen LogP contribution in [0.1, 0.15) is 49.3 Å². The van der Waals surface area contributed by atoms with E-state index >= 15 is 0 Å². The zero-order chi connectivity index (χ0) is 15.1. The fourth-order valence-corrected chi connectivity index (χ4v) is 2.70. The first-order chi connectivity index (χ1) is 10.8. The Balaban J connectivity index is 1.54. The fraction of sp³-hybridized carbons (Fsp3) is 0.571. The van der Waals surface area contributed by atoms with Crippen molar-refractivity contribution in [3.8, 4) is 6.01 Å². The summed E-state index contributed by atoms with van der Waals surface area (Å²) in [6.07, 6.45) is 6.41. The van der Waals surface area contributed by atoms with Crippen LogP contribution in [0.4, 0.5) is 5.82 Å². The summed E-state index contributed by atoms with van der Waals surface area (Å²) >= 11 is 6.11. The zero-order valence-electron chi connectivity index (χ0n) is 12.3. The quantitative estimate of drug-likeness (QED) is 0.881. The van der Waals surface area contributed by atoms with Crippen molar-refractivity contribution in [2.24, 2.45) is 0 Å². The smallest absolute Gasteiger partial charge is 0.318 e. The molecule has 0 amide bonds. The Kier molecular flexibility index (Phi) is 3.37. The molecule has 2 aliphatic carbocycles. The van der Waals surface area contributed by atoms with Crippen LogP contribution in [0.25, 0.3) is 0 Å². The minimum absolute atomic E-state index is 0.286. The molecule has 0 saturated heterocycles. The summed E-state index contributed by atoms with van der Waals surface area (Å²) in [5.41, 5.74) is 0. The van der Waals surface area contributed by atoms with Gasteiger partial charge in [-0.1, -0.05) is 11.6 Å². The minimum Gasteiger partial charge on any atom is -0.467 e. The first kappa shape index (κ1) is 13.8. The molecule has 0 bridgehead atoms. The number of methoxy groups -OCH3 is 1. The van der Waals surface area contributed by atoms with Crippen molar-refractivity contribution in [3.63, 3.8) is 0 Å². The van der Waals surface area contributed by atoms with Gasteiger partial charge in [0.05, 0.1) is 19.9 Å². The van der Waals surface area contributed by atoms with Gasteiger partial charge in [-0.15, -0.1) is 10.2 Å². The summed E-state index contributed by atoms with van der Waals surface area (Å²) in [4.78, 5) is 8.18. The van der Waals surface area contributed by atoms with Crippen LogP contribution in [0.2, 0.25) is 5.02 Å². The van der Waals surface area contributed by atoms with E-state index in [2.05, 4.69) is 30.0 Å². The van der Waals surface area contributed by atoms with E-state index in [1.54, 1.807) is 0 Å². The summed E-state index contributed by atoms with van der Waals surface area (Å²) in [5, 5.41) is 12.4. The second-order valence-electron chi connectivity index (χ2n) is 5.76. The molecular weight excluding hydrogens is 304 g/mol. The Morgan fingerprint density at radius 2 is 2.14 bits per heavy atom. The van der Waals surface area contributed by atoms with Gasteiger partial charge in [0, 0.05) is 12.0 Å². The Bertz CT molecular complexity index is 695. The first-order valence-electron chi connectivity index (χ1n) is 7.50. The zero-order valence-corrected chi connectivity index (χ0v) is 13.0. The van der Waals surface area contributed by atoms with Crippen molar-refractivity contribution in [2.75, 3.05) is 12.4 Å². The maximum Gasteiger partial charge on any atom is 0.318 e. The van der Waals surface area contributed by atoms with E-state index in [1.165, 1.54) is 39.0 Å². The highest BCUT2D eigenvalue weighted by molar-refractivity contribution is 6.32. The highest BCUT2D eigenvalue weighted by atomic mass is 35.5. The van der Waals surface area contributed by atoms with Crippen LogP contribution in [-0.4, -0.2) is 31.8 Å². The molecule has 8 heteroatoms. The van der Waals surface area contributed by atoms with Gasteiger partial charge in [-0.3, -0.25) is 0 Å². The van der Waals surface area contributed by atoms with E-state index in [4.69, 9.17) is 16.3 Å². The number of rotatable bonds is 6. The lowest BCUT2D eigenvalue weighted by Gasteiger charge is -2.11. The van der Waals surface area contributed by atoms with Crippen molar-refractivity contribution >= 4 is 17.4 Å². The number of ether oxygens (including phenoxy) is 1. The monoisotopic (exact) mass is 320 g/mol. The van der Waals surface area contributed by atoms with Crippen molar-refractivity contribution in [3.05, 3.63) is 22.9 Å². The Hall–Kier alpha value is -1.89. The second-order valence-corrected chi connectivity index (χ2v) is 6.16. The number of aromatic nitrogens is 5. The third-order valence-electron chi connectivity index (χ3n) is 3.97. The van der Waals surface area contributed by atoms with E-state index in [1.807, 2.05) is 0 Å². The number of nitrogens with zero attached hydrogens (tertiary/aromatic N) is 5. The van der Waals surface area contributed by atoms with Crippen LogP contribution >= 0.6 is 11.6 Å². The van der Waals surface area contributed by atoms with Gasteiger partial charge in [0.1, 0.15) is 10.8 Å². The SMILES string of the molecule is COc1ncc(Cl)c(NCc2nnc(C3CC3)n2C2CC2)n1. The molecule has 1 N–H and O–H groups in total. The van der Waals surface area contributed by atoms with Gasteiger partial charge in [-0.25, -0.2) is 4.98 Å². The minimum atomic E-state index is 0.286. The maximum atomic E-state index is 6.11. The van der Waals surface area contributed by atoms with Crippen LogP contribution in [0.3, 0.4) is 0 Å². The van der Waals surface area contributed by atoms with Gasteiger partial charge in [0.2, 0.25) is 0 Å². The van der Waals surface area contributed by atoms with Crippen LogP contribution in [0, 0.1) is 0 Å². The summed E-state index contributed by atoms with van der Waals surface area (Å²) < 4.78 is 7.33. The molecule has 2 fully saturated rings. The fourth-order valence-electron chi connectivity index (χ4n) is 2.54. The van der Waals surface area contributed by atoms with E-state index < -0.39 is 0 Å². The van der Waals surface area contributed by atoms with Crippen LogP contribution in [0.15, 0.2) is 6.20 Å². The molecule has 0 spiro atoms. The van der Waals surface area contributed by atoms with E-state index in [0.717, 1.165) is 11.6 Å². The number of anilines is 1. The van der Waals surface area contributed by atoms with E-state index in [0.29, 0.717) is 29.3 Å². The van der Waals surface area contributed by atoms with E-state index in [9.17, 15) is 0 Å². The molecule has 116 valence electrons. The van der Waals surface area contributed by atoms with Gasteiger partial charge in [0.25, 0.3) is 0 Å². The normalized spacial score (nSPS) is 17.5. The summed E-state index contributed by atoms with van der Waals surface area (Å²) in [5.74, 6) is 3.24. The third-order valence-corrected chi connectivity index (χ3v) is 4.24. The molecule has 2 heterocycles. The molecular formula is C14H17ClN6O. The molecule has 0 atom stereocenters. The van der Waals surface area contributed by atoms with Gasteiger partial charge in [-0.05, 0) is 25.7 Å². The van der Waals surface area contributed by atoms with Crippen molar-refractivity contribution in [1.82, 2.24) is 24.7 Å². The Labute approximate surface area is 133 Å². The molecule has 4 rings (SSSR count). The third kappa shape index (κ3) is 2.61. The van der Waals surface area contributed by atoms with Crippen LogP contribution in [0.5, 0.6) is 6.01 Å². The molecule has 2 saturated carbocycles. The molecule has 0 unspecified atom stereocenters. The lowest BCUT2D eigenvalue weighted by molar-refractivity contribution is 0.380. The van der Waals surface area contributed by atoms with Crippen molar-refractivity contribution < 1.29 is 4.74 Å². The molecule has 0 aromatic carbocycles. The summed E-state index contributed by atoms with van der Waals surface area (Å²) in [7, 11) is 1.53. The van der Waals surface area contributed by atoms with E-state index in [-0.39, 0.29) is 6.01 Å². The van der Waals surface area contributed by atoms with Gasteiger partial charge >= 0.3 is 6.01 Å². The highest BCUT2D eigenvalue weighted by Crippen LogP contribution is 2.44. The Morgan fingerprint density at radius 1 is 1.32 bits per heavy atom. The van der Waals surface area contributed by atoms with Crippen molar-refractivity contribution in [1.29, 1.82) is 0 Å². The average Bonchev–Trinajstić information content (AvgIpc) is 3.45. The molecule has 0 aliphatic heterocycles. The Morgan fingerprint density at radius 3 is 2.82 bits per heavy atom.